The third-order valence-corrected chi connectivity index (χ3v) is 4.60. The molecule has 0 amide bonds. The van der Waals surface area contributed by atoms with E-state index in [1.54, 1.807) is 7.11 Å². The van der Waals surface area contributed by atoms with Crippen molar-refractivity contribution in [2.45, 2.75) is 39.8 Å². The summed E-state index contributed by atoms with van der Waals surface area (Å²) in [6.07, 6.45) is 0.961. The van der Waals surface area contributed by atoms with E-state index < -0.39 is 0 Å². The van der Waals surface area contributed by atoms with E-state index in [9.17, 15) is 5.11 Å². The molecule has 0 saturated carbocycles. The number of aromatic nitrogens is 1. The molecule has 0 aliphatic carbocycles. The summed E-state index contributed by atoms with van der Waals surface area (Å²) in [5, 5.41) is 10.2. The lowest BCUT2D eigenvalue weighted by Gasteiger charge is -2.18. The van der Waals surface area contributed by atoms with Crippen LogP contribution in [-0.4, -0.2) is 18.3 Å². The van der Waals surface area contributed by atoms with Crippen molar-refractivity contribution in [3.63, 3.8) is 0 Å². The van der Waals surface area contributed by atoms with Crippen LogP contribution in [0.1, 0.15) is 25.2 Å². The van der Waals surface area contributed by atoms with Crippen molar-refractivity contribution in [3.8, 4) is 40.0 Å². The van der Waals surface area contributed by atoms with Crippen LogP contribution in [0, 0.1) is 6.92 Å². The summed E-state index contributed by atoms with van der Waals surface area (Å²) >= 11 is 0. The molecule has 4 rings (SSSR count). The predicted octanol–water partition coefficient (Wildman–Crippen LogP) is 3.70. The third kappa shape index (κ3) is 2.51. The molecule has 1 N–H and O–H groups in total. The normalized spacial score (nSPS) is 13.0. The molecular weight excluding hydrogens is 318 g/mol. The first-order valence-electron chi connectivity index (χ1n) is 8.52. The van der Waals surface area contributed by atoms with Gasteiger partial charge in [0.15, 0.2) is 18.0 Å². The average molecular weight is 340 g/mol. The minimum absolute atomic E-state index is 0.0365. The number of fused-ring (bicyclic) bond motifs is 5. The van der Waals surface area contributed by atoms with Crippen molar-refractivity contribution in [2.24, 2.45) is 0 Å². The van der Waals surface area contributed by atoms with Crippen LogP contribution >= 0.6 is 0 Å². The predicted molar refractivity (Wildman–Crippen MR) is 93.4 cm³/mol. The van der Waals surface area contributed by atoms with Gasteiger partial charge in [0.1, 0.15) is 11.3 Å². The molecule has 0 atom stereocenters. The largest absolute Gasteiger partial charge is 0.493 e. The fourth-order valence-electron chi connectivity index (χ4n) is 3.57. The molecule has 0 spiro atoms. The fraction of sp³-hybridized carbons (Fsp3) is 0.350. The summed E-state index contributed by atoms with van der Waals surface area (Å²) in [7, 11) is 1.66. The molecule has 0 saturated heterocycles. The van der Waals surface area contributed by atoms with Gasteiger partial charge < -0.3 is 19.0 Å². The standard InChI is InChI=1S/C20H21NO4/c1-11(2)24-19-10-14-13(8-18(19)23-4)5-6-21-16-7-12(3)25-20(22)15(16)9-17(14)21/h7-11H,5-6H2,1-4H3/p+1. The summed E-state index contributed by atoms with van der Waals surface area (Å²) in [6.45, 7) is 6.69. The first-order chi connectivity index (χ1) is 12.0. The molecule has 130 valence electrons. The molecule has 0 unspecified atom stereocenters. The van der Waals surface area contributed by atoms with Gasteiger partial charge in [-0.05, 0) is 38.5 Å². The zero-order valence-corrected chi connectivity index (χ0v) is 14.9. The molecular formula is C20H22NO4+. The number of aryl methyl sites for hydroxylation is 2. The number of methoxy groups -OCH3 is 1. The molecule has 0 radical (unpaired) electrons. The fourth-order valence-corrected chi connectivity index (χ4v) is 3.57. The van der Waals surface area contributed by atoms with Crippen LogP contribution in [0.4, 0.5) is 0 Å². The maximum absolute atomic E-state index is 10.2. The third-order valence-electron chi connectivity index (χ3n) is 4.60. The van der Waals surface area contributed by atoms with E-state index in [1.165, 1.54) is 5.56 Å². The Labute approximate surface area is 146 Å². The molecule has 3 heterocycles. The lowest BCUT2D eigenvalue weighted by molar-refractivity contribution is -0.674. The highest BCUT2D eigenvalue weighted by molar-refractivity contribution is 5.75. The van der Waals surface area contributed by atoms with Crippen LogP contribution in [0.5, 0.6) is 17.4 Å². The molecule has 0 fully saturated rings. The number of ether oxygens (including phenoxy) is 2. The maximum atomic E-state index is 10.2. The van der Waals surface area contributed by atoms with Gasteiger partial charge in [0.25, 0.3) is 5.95 Å². The molecule has 3 aliphatic heterocycles. The summed E-state index contributed by atoms with van der Waals surface area (Å²) in [6, 6.07) is 8.05. The van der Waals surface area contributed by atoms with E-state index in [2.05, 4.69) is 10.6 Å². The second-order valence-corrected chi connectivity index (χ2v) is 6.72. The zero-order valence-electron chi connectivity index (χ0n) is 14.9. The van der Waals surface area contributed by atoms with Crippen LogP contribution in [0.25, 0.3) is 22.5 Å². The summed E-state index contributed by atoms with van der Waals surface area (Å²) < 4.78 is 19.0. The van der Waals surface area contributed by atoms with Gasteiger partial charge in [0, 0.05) is 18.6 Å². The van der Waals surface area contributed by atoms with E-state index in [1.807, 2.05) is 39.0 Å². The molecule has 0 bridgehead atoms. The number of hydrogen-bond acceptors (Lipinski definition) is 4. The van der Waals surface area contributed by atoms with Crippen LogP contribution < -0.4 is 14.0 Å². The number of hydrogen-bond donors (Lipinski definition) is 1. The van der Waals surface area contributed by atoms with Crippen molar-refractivity contribution < 1.29 is 23.6 Å². The molecule has 5 nitrogen and oxygen atoms in total. The summed E-state index contributed by atoms with van der Waals surface area (Å²) in [5.41, 5.74) is 5.11. The van der Waals surface area contributed by atoms with Crippen molar-refractivity contribution in [1.82, 2.24) is 0 Å². The Hall–Kier alpha value is -2.69. The van der Waals surface area contributed by atoms with E-state index in [4.69, 9.17) is 13.9 Å². The average Bonchev–Trinajstić information content (AvgIpc) is 2.93. The van der Waals surface area contributed by atoms with Crippen LogP contribution in [0.3, 0.4) is 0 Å². The number of aromatic hydroxyl groups is 1. The highest BCUT2D eigenvalue weighted by atomic mass is 16.5. The van der Waals surface area contributed by atoms with E-state index in [0.717, 1.165) is 47.0 Å². The van der Waals surface area contributed by atoms with Gasteiger partial charge in [-0.15, -0.1) is 0 Å². The van der Waals surface area contributed by atoms with Gasteiger partial charge in [0.05, 0.1) is 18.8 Å². The molecule has 5 heteroatoms. The number of rotatable bonds is 3. The molecule has 25 heavy (non-hydrogen) atoms. The second kappa shape index (κ2) is 5.69. The first-order valence-corrected chi connectivity index (χ1v) is 8.52. The van der Waals surface area contributed by atoms with E-state index >= 15 is 0 Å². The smallest absolute Gasteiger partial charge is 0.296 e. The van der Waals surface area contributed by atoms with Gasteiger partial charge in [-0.25, -0.2) is 0 Å². The minimum Gasteiger partial charge on any atom is -0.493 e. The SMILES string of the molecule is COc1cc2c(cc1OC(C)C)-c1cc3c(O)oc(C)cc-3[n+]1CC2. The van der Waals surface area contributed by atoms with Crippen LogP contribution in [0.2, 0.25) is 0 Å². The summed E-state index contributed by atoms with van der Waals surface area (Å²) in [5.74, 6) is 2.15. The zero-order chi connectivity index (χ0) is 17.7. The van der Waals surface area contributed by atoms with Gasteiger partial charge in [-0.2, -0.15) is 4.57 Å². The summed E-state index contributed by atoms with van der Waals surface area (Å²) in [4.78, 5) is 0. The van der Waals surface area contributed by atoms with Crippen molar-refractivity contribution in [1.29, 1.82) is 0 Å². The highest BCUT2D eigenvalue weighted by Gasteiger charge is 2.34. The Morgan fingerprint density at radius 3 is 2.56 bits per heavy atom. The second-order valence-electron chi connectivity index (χ2n) is 6.72. The van der Waals surface area contributed by atoms with Gasteiger partial charge in [-0.1, -0.05) is 0 Å². The van der Waals surface area contributed by atoms with Crippen LogP contribution in [0.15, 0.2) is 28.7 Å². The quantitative estimate of drug-likeness (QED) is 0.739. The lowest BCUT2D eigenvalue weighted by Crippen LogP contribution is -2.39. The highest BCUT2D eigenvalue weighted by Crippen LogP contribution is 2.41. The Bertz CT molecular complexity index is 926. The van der Waals surface area contributed by atoms with Crippen molar-refractivity contribution >= 4 is 0 Å². The minimum atomic E-state index is -0.0365. The van der Waals surface area contributed by atoms with E-state index in [0.29, 0.717) is 5.76 Å². The Balaban J connectivity index is 1.94. The Morgan fingerprint density at radius 1 is 1.08 bits per heavy atom. The monoisotopic (exact) mass is 340 g/mol. The van der Waals surface area contributed by atoms with Gasteiger partial charge >= 0.3 is 0 Å². The van der Waals surface area contributed by atoms with Crippen LogP contribution in [-0.2, 0) is 13.0 Å². The Kier molecular flexibility index (Phi) is 3.60. The first kappa shape index (κ1) is 15.8. The number of nitrogens with zero attached hydrogens (tertiary/aromatic N) is 1. The molecule has 3 aliphatic rings. The van der Waals surface area contributed by atoms with E-state index in [-0.39, 0.29) is 12.1 Å². The molecule has 0 aromatic heterocycles. The lowest BCUT2D eigenvalue weighted by atomic mass is 9.97. The molecule has 1 aromatic rings. The Morgan fingerprint density at radius 2 is 1.84 bits per heavy atom. The van der Waals surface area contributed by atoms with Crippen molar-refractivity contribution in [2.75, 3.05) is 7.11 Å². The van der Waals surface area contributed by atoms with Gasteiger partial charge in [0.2, 0.25) is 11.4 Å². The van der Waals surface area contributed by atoms with Crippen molar-refractivity contribution in [3.05, 3.63) is 35.6 Å². The maximum Gasteiger partial charge on any atom is 0.296 e. The molecule has 1 aromatic carbocycles. The number of benzene rings is 1. The van der Waals surface area contributed by atoms with Gasteiger partial charge in [-0.3, -0.25) is 0 Å². The topological polar surface area (TPSA) is 55.7 Å².